The van der Waals surface area contributed by atoms with Gasteiger partial charge in [-0.05, 0) is 44.7 Å². The summed E-state index contributed by atoms with van der Waals surface area (Å²) in [6.07, 6.45) is 1.16. The van der Waals surface area contributed by atoms with E-state index >= 15 is 0 Å². The number of aliphatic hydroxyl groups is 1. The Morgan fingerprint density at radius 3 is 2.26 bits per heavy atom. The summed E-state index contributed by atoms with van der Waals surface area (Å²) in [6, 6.07) is 18.7. The monoisotopic (exact) mass is 430 g/mol. The van der Waals surface area contributed by atoms with Crippen LogP contribution in [0.1, 0.15) is 36.7 Å². The predicted octanol–water partition coefficient (Wildman–Crippen LogP) is 5.18. The standard InChI is InChI=1S/C25H26N4OS/c1-15-20(16(2)29-28-15)23-27-21(22(31-23)18-7-5-4-6-8-18)17-9-11-19(12-10-17)25(26)13-24(3,30)14-25/h4-12,30H,13-14,26H2,1-3H3,(H,28,29)/t24-,25+. The Kier molecular flexibility index (Phi) is 4.62. The minimum absolute atomic E-state index is 0.456. The third-order valence-electron chi connectivity index (χ3n) is 6.13. The third kappa shape index (κ3) is 3.51. The van der Waals surface area contributed by atoms with Crippen LogP contribution in [0.2, 0.25) is 0 Å². The van der Waals surface area contributed by atoms with Crippen molar-refractivity contribution in [2.45, 2.75) is 44.8 Å². The molecule has 5 nitrogen and oxygen atoms in total. The molecule has 0 spiro atoms. The van der Waals surface area contributed by atoms with Gasteiger partial charge >= 0.3 is 0 Å². The van der Waals surface area contributed by atoms with Gasteiger partial charge in [0.05, 0.1) is 27.4 Å². The topological polar surface area (TPSA) is 87.8 Å². The van der Waals surface area contributed by atoms with E-state index in [1.165, 1.54) is 0 Å². The molecule has 0 amide bonds. The molecule has 0 atom stereocenters. The first-order valence-electron chi connectivity index (χ1n) is 10.5. The summed E-state index contributed by atoms with van der Waals surface area (Å²) in [6.45, 7) is 5.88. The molecule has 0 radical (unpaired) electrons. The molecule has 2 aromatic heterocycles. The Hall–Kier alpha value is -2.80. The molecule has 5 rings (SSSR count). The van der Waals surface area contributed by atoms with Crippen LogP contribution >= 0.6 is 11.3 Å². The zero-order chi connectivity index (χ0) is 21.8. The van der Waals surface area contributed by atoms with E-state index in [0.29, 0.717) is 12.8 Å². The molecule has 158 valence electrons. The molecule has 1 aliphatic rings. The van der Waals surface area contributed by atoms with Crippen molar-refractivity contribution in [2.24, 2.45) is 5.73 Å². The Morgan fingerprint density at radius 1 is 1.00 bits per heavy atom. The first-order chi connectivity index (χ1) is 14.8. The first kappa shape index (κ1) is 20.1. The van der Waals surface area contributed by atoms with Crippen molar-refractivity contribution in [2.75, 3.05) is 0 Å². The van der Waals surface area contributed by atoms with Gasteiger partial charge in [-0.1, -0.05) is 54.6 Å². The van der Waals surface area contributed by atoms with Crippen LogP contribution in [0.5, 0.6) is 0 Å². The SMILES string of the molecule is Cc1n[nH]c(C)c1-c1nc(-c2ccc([C@]3(N)C[C@@](C)(O)C3)cc2)c(-c2ccccc2)s1. The lowest BCUT2D eigenvalue weighted by Crippen LogP contribution is -2.58. The maximum Gasteiger partial charge on any atom is 0.128 e. The summed E-state index contributed by atoms with van der Waals surface area (Å²) in [5.74, 6) is 0. The van der Waals surface area contributed by atoms with Crippen molar-refractivity contribution in [1.82, 2.24) is 15.2 Å². The fourth-order valence-electron chi connectivity index (χ4n) is 4.75. The number of nitrogens with one attached hydrogen (secondary N) is 1. The number of hydrogen-bond donors (Lipinski definition) is 3. The molecule has 4 aromatic rings. The molecule has 1 fully saturated rings. The summed E-state index contributed by atoms with van der Waals surface area (Å²) < 4.78 is 0. The maximum absolute atomic E-state index is 10.1. The zero-order valence-corrected chi connectivity index (χ0v) is 18.8. The second kappa shape index (κ2) is 7.12. The van der Waals surface area contributed by atoms with Gasteiger partial charge in [-0.3, -0.25) is 5.10 Å². The number of rotatable bonds is 4. The highest BCUT2D eigenvalue weighted by molar-refractivity contribution is 7.19. The largest absolute Gasteiger partial charge is 0.390 e. The van der Waals surface area contributed by atoms with Crippen LogP contribution in [0.15, 0.2) is 54.6 Å². The van der Waals surface area contributed by atoms with E-state index in [2.05, 4.69) is 58.7 Å². The van der Waals surface area contributed by atoms with Crippen LogP contribution in [0, 0.1) is 13.8 Å². The van der Waals surface area contributed by atoms with Crippen LogP contribution in [-0.4, -0.2) is 25.9 Å². The lowest BCUT2D eigenvalue weighted by Gasteiger charge is -2.49. The Bertz CT molecular complexity index is 1210. The average Bonchev–Trinajstić information content (AvgIpc) is 3.30. The molecule has 4 N–H and O–H groups in total. The number of nitrogens with two attached hydrogens (primary N) is 1. The Morgan fingerprint density at radius 2 is 1.68 bits per heavy atom. The number of aromatic amines is 1. The van der Waals surface area contributed by atoms with Gasteiger partial charge in [0.15, 0.2) is 0 Å². The molecule has 31 heavy (non-hydrogen) atoms. The van der Waals surface area contributed by atoms with E-state index in [1.807, 2.05) is 26.8 Å². The number of aromatic nitrogens is 3. The minimum atomic E-state index is -0.669. The second-order valence-corrected chi connectivity index (χ2v) is 9.95. The molecular formula is C25H26N4OS. The molecule has 0 aliphatic heterocycles. The van der Waals surface area contributed by atoms with Crippen molar-refractivity contribution in [3.8, 4) is 32.3 Å². The maximum atomic E-state index is 10.1. The molecule has 0 saturated heterocycles. The molecule has 1 saturated carbocycles. The highest BCUT2D eigenvalue weighted by Crippen LogP contribution is 2.47. The van der Waals surface area contributed by atoms with E-state index in [-0.39, 0.29) is 0 Å². The van der Waals surface area contributed by atoms with Gasteiger partial charge in [0.1, 0.15) is 5.01 Å². The average molecular weight is 431 g/mol. The van der Waals surface area contributed by atoms with Crippen molar-refractivity contribution in [3.05, 3.63) is 71.5 Å². The number of nitrogens with zero attached hydrogens (tertiary/aromatic N) is 2. The minimum Gasteiger partial charge on any atom is -0.390 e. The summed E-state index contributed by atoms with van der Waals surface area (Å²) in [5.41, 5.74) is 12.7. The lowest BCUT2D eigenvalue weighted by molar-refractivity contribution is -0.0738. The molecule has 0 bridgehead atoms. The van der Waals surface area contributed by atoms with Gasteiger partial charge in [0.25, 0.3) is 0 Å². The van der Waals surface area contributed by atoms with E-state index in [0.717, 1.165) is 49.2 Å². The van der Waals surface area contributed by atoms with Gasteiger partial charge in [0, 0.05) is 16.8 Å². The molecular weight excluding hydrogens is 404 g/mol. The van der Waals surface area contributed by atoms with E-state index < -0.39 is 11.1 Å². The van der Waals surface area contributed by atoms with E-state index in [4.69, 9.17) is 10.7 Å². The smallest absolute Gasteiger partial charge is 0.128 e. The van der Waals surface area contributed by atoms with Gasteiger partial charge in [-0.25, -0.2) is 4.98 Å². The van der Waals surface area contributed by atoms with Crippen LogP contribution < -0.4 is 5.73 Å². The Labute approximate surface area is 186 Å². The highest BCUT2D eigenvalue weighted by Gasteiger charge is 2.49. The number of thiazole rings is 1. The molecule has 1 aliphatic carbocycles. The first-order valence-corrected chi connectivity index (χ1v) is 11.3. The van der Waals surface area contributed by atoms with Crippen LogP contribution in [-0.2, 0) is 5.54 Å². The van der Waals surface area contributed by atoms with E-state index in [9.17, 15) is 5.11 Å². The quantitative estimate of drug-likeness (QED) is 0.416. The van der Waals surface area contributed by atoms with Crippen molar-refractivity contribution in [1.29, 1.82) is 0 Å². The summed E-state index contributed by atoms with van der Waals surface area (Å²) >= 11 is 1.69. The highest BCUT2D eigenvalue weighted by atomic mass is 32.1. The third-order valence-corrected chi connectivity index (χ3v) is 7.25. The molecule has 6 heteroatoms. The Balaban J connectivity index is 1.58. The molecule has 2 heterocycles. The summed E-state index contributed by atoms with van der Waals surface area (Å²) in [5, 5.41) is 18.5. The van der Waals surface area contributed by atoms with Crippen LogP contribution in [0.4, 0.5) is 0 Å². The number of benzene rings is 2. The fraction of sp³-hybridized carbons (Fsp3) is 0.280. The lowest BCUT2D eigenvalue weighted by atomic mass is 9.63. The van der Waals surface area contributed by atoms with Gasteiger partial charge in [0.2, 0.25) is 0 Å². The zero-order valence-electron chi connectivity index (χ0n) is 17.9. The number of hydrogen-bond acceptors (Lipinski definition) is 5. The van der Waals surface area contributed by atoms with Gasteiger partial charge in [-0.2, -0.15) is 5.10 Å². The van der Waals surface area contributed by atoms with Gasteiger partial charge in [-0.15, -0.1) is 11.3 Å². The molecule has 0 unspecified atom stereocenters. The molecule has 2 aromatic carbocycles. The van der Waals surface area contributed by atoms with Crippen molar-refractivity contribution in [3.63, 3.8) is 0 Å². The number of aryl methyl sites for hydroxylation is 2. The normalized spacial score (nSPS) is 23.0. The van der Waals surface area contributed by atoms with Gasteiger partial charge < -0.3 is 10.8 Å². The predicted molar refractivity (Wildman–Crippen MR) is 126 cm³/mol. The second-order valence-electron chi connectivity index (χ2n) is 8.96. The summed E-state index contributed by atoms with van der Waals surface area (Å²) in [4.78, 5) is 6.19. The van der Waals surface area contributed by atoms with E-state index in [1.54, 1.807) is 11.3 Å². The van der Waals surface area contributed by atoms with Crippen molar-refractivity contribution >= 4 is 11.3 Å². The van der Waals surface area contributed by atoms with Crippen molar-refractivity contribution < 1.29 is 5.11 Å². The van der Waals surface area contributed by atoms with Crippen LogP contribution in [0.25, 0.3) is 32.3 Å². The summed E-state index contributed by atoms with van der Waals surface area (Å²) in [7, 11) is 0. The number of H-pyrrole nitrogens is 1. The van der Waals surface area contributed by atoms with Crippen LogP contribution in [0.3, 0.4) is 0 Å². The fourth-order valence-corrected chi connectivity index (χ4v) is 5.99.